The quantitative estimate of drug-likeness (QED) is 0.818. The number of rotatable bonds is 2. The van der Waals surface area contributed by atoms with E-state index < -0.39 is 0 Å². The van der Waals surface area contributed by atoms with Gasteiger partial charge >= 0.3 is 0 Å². The number of fused-ring (bicyclic) bond motifs is 1. The maximum Gasteiger partial charge on any atom is 0.125 e. The molecular weight excluding hydrogens is 215 g/mol. The minimum Gasteiger partial charge on any atom is -0.358 e. The number of H-pyrrole nitrogens is 1. The van der Waals surface area contributed by atoms with Gasteiger partial charge in [-0.15, -0.1) is 0 Å². The van der Waals surface area contributed by atoms with Gasteiger partial charge in [0.25, 0.3) is 0 Å². The highest BCUT2D eigenvalue weighted by Gasteiger charge is 2.18. The van der Waals surface area contributed by atoms with E-state index in [1.54, 1.807) is 12.1 Å². The van der Waals surface area contributed by atoms with Crippen LogP contribution in [0.5, 0.6) is 0 Å². The first kappa shape index (κ1) is 10.8. The summed E-state index contributed by atoms with van der Waals surface area (Å²) < 4.78 is 13.2. The number of benzene rings is 1. The molecule has 0 bridgehead atoms. The molecule has 90 valence electrons. The van der Waals surface area contributed by atoms with Crippen molar-refractivity contribution in [3.8, 4) is 0 Å². The van der Waals surface area contributed by atoms with E-state index in [1.165, 1.54) is 23.1 Å². The summed E-state index contributed by atoms with van der Waals surface area (Å²) in [6.07, 6.45) is 2.33. The van der Waals surface area contributed by atoms with Gasteiger partial charge in [0.2, 0.25) is 0 Å². The van der Waals surface area contributed by atoms with Crippen LogP contribution in [-0.4, -0.2) is 18.1 Å². The van der Waals surface area contributed by atoms with Crippen molar-refractivity contribution >= 4 is 10.9 Å². The van der Waals surface area contributed by atoms with Gasteiger partial charge in [-0.05, 0) is 62.5 Å². The van der Waals surface area contributed by atoms with Gasteiger partial charge in [-0.1, -0.05) is 0 Å². The van der Waals surface area contributed by atoms with Crippen molar-refractivity contribution < 1.29 is 4.39 Å². The fraction of sp³-hybridized carbons (Fsp3) is 0.429. The molecule has 1 saturated heterocycles. The predicted octanol–water partition coefficient (Wildman–Crippen LogP) is 2.77. The first-order valence-electron chi connectivity index (χ1n) is 6.21. The Bertz CT molecular complexity index is 538. The summed E-state index contributed by atoms with van der Waals surface area (Å²) in [4.78, 5) is 3.28. The van der Waals surface area contributed by atoms with E-state index >= 15 is 0 Å². The monoisotopic (exact) mass is 232 g/mol. The van der Waals surface area contributed by atoms with Crippen LogP contribution in [0.2, 0.25) is 0 Å². The average Bonchev–Trinajstić information content (AvgIpc) is 2.88. The molecule has 3 heteroatoms. The number of halogens is 1. The first-order chi connectivity index (χ1) is 8.24. The van der Waals surface area contributed by atoms with Crippen molar-refractivity contribution in [2.45, 2.75) is 19.8 Å². The van der Waals surface area contributed by atoms with Gasteiger partial charge in [0.05, 0.1) is 0 Å². The molecule has 1 aliphatic rings. The molecular formula is C14H17FN2. The highest BCUT2D eigenvalue weighted by Crippen LogP contribution is 2.26. The van der Waals surface area contributed by atoms with Crippen molar-refractivity contribution in [1.82, 2.24) is 10.3 Å². The zero-order valence-corrected chi connectivity index (χ0v) is 10.0. The average molecular weight is 232 g/mol. The van der Waals surface area contributed by atoms with Crippen molar-refractivity contribution in [1.29, 1.82) is 0 Å². The molecule has 0 amide bonds. The smallest absolute Gasteiger partial charge is 0.125 e. The number of hydrogen-bond donors (Lipinski definition) is 2. The number of aromatic nitrogens is 1. The molecule has 1 aromatic heterocycles. The zero-order valence-electron chi connectivity index (χ0n) is 10.0. The Morgan fingerprint density at radius 2 is 2.29 bits per heavy atom. The summed E-state index contributed by atoms with van der Waals surface area (Å²) >= 11 is 0. The van der Waals surface area contributed by atoms with Gasteiger partial charge in [-0.25, -0.2) is 4.39 Å². The molecule has 1 fully saturated rings. The molecule has 2 nitrogen and oxygen atoms in total. The second-order valence-corrected chi connectivity index (χ2v) is 4.98. The molecule has 1 aliphatic heterocycles. The van der Waals surface area contributed by atoms with E-state index in [2.05, 4.69) is 17.2 Å². The molecule has 3 rings (SSSR count). The van der Waals surface area contributed by atoms with Crippen molar-refractivity contribution in [2.75, 3.05) is 13.1 Å². The van der Waals surface area contributed by atoms with Gasteiger partial charge in [-0.2, -0.15) is 0 Å². The molecule has 2 aromatic rings. The van der Waals surface area contributed by atoms with Crippen molar-refractivity contribution in [2.24, 2.45) is 5.92 Å². The molecule has 1 aromatic carbocycles. The summed E-state index contributed by atoms with van der Waals surface area (Å²) in [6, 6.07) is 5.02. The highest BCUT2D eigenvalue weighted by molar-refractivity contribution is 5.84. The van der Waals surface area contributed by atoms with Gasteiger partial charge in [0.1, 0.15) is 5.82 Å². The third-order valence-electron chi connectivity index (χ3n) is 3.74. The van der Waals surface area contributed by atoms with Crippen LogP contribution in [0, 0.1) is 18.7 Å². The standard InChI is InChI=1S/C14H17FN2/c1-9-13(6-10-4-5-16-8-10)12-3-2-11(15)7-14(12)17-9/h2-3,7,10,16-17H,4-6,8H2,1H3. The van der Waals surface area contributed by atoms with E-state index in [9.17, 15) is 4.39 Å². The van der Waals surface area contributed by atoms with Gasteiger partial charge in [0, 0.05) is 16.6 Å². The summed E-state index contributed by atoms with van der Waals surface area (Å²) in [5.41, 5.74) is 3.45. The van der Waals surface area contributed by atoms with Crippen LogP contribution in [0.25, 0.3) is 10.9 Å². The van der Waals surface area contributed by atoms with Crippen LogP contribution in [0.1, 0.15) is 17.7 Å². The Morgan fingerprint density at radius 1 is 1.41 bits per heavy atom. The lowest BCUT2D eigenvalue weighted by molar-refractivity contribution is 0.580. The lowest BCUT2D eigenvalue weighted by atomic mass is 9.96. The lowest BCUT2D eigenvalue weighted by Crippen LogP contribution is -2.11. The van der Waals surface area contributed by atoms with Crippen LogP contribution in [0.3, 0.4) is 0 Å². The normalized spacial score (nSPS) is 20.2. The Labute approximate surface area is 100 Å². The Morgan fingerprint density at radius 3 is 3.06 bits per heavy atom. The summed E-state index contributed by atoms with van der Waals surface area (Å²) in [7, 11) is 0. The van der Waals surface area contributed by atoms with Crippen LogP contribution in [0.15, 0.2) is 18.2 Å². The number of hydrogen-bond acceptors (Lipinski definition) is 1. The van der Waals surface area contributed by atoms with Crippen LogP contribution >= 0.6 is 0 Å². The second-order valence-electron chi connectivity index (χ2n) is 4.98. The summed E-state index contributed by atoms with van der Waals surface area (Å²) in [5, 5.41) is 4.57. The molecule has 2 N–H and O–H groups in total. The third-order valence-corrected chi connectivity index (χ3v) is 3.74. The van der Waals surface area contributed by atoms with E-state index in [4.69, 9.17) is 0 Å². The fourth-order valence-corrected chi connectivity index (χ4v) is 2.80. The maximum atomic E-state index is 13.2. The largest absolute Gasteiger partial charge is 0.358 e. The number of nitrogens with one attached hydrogen (secondary N) is 2. The highest BCUT2D eigenvalue weighted by atomic mass is 19.1. The number of aromatic amines is 1. The Balaban J connectivity index is 1.99. The molecule has 17 heavy (non-hydrogen) atoms. The fourth-order valence-electron chi connectivity index (χ4n) is 2.80. The molecule has 2 heterocycles. The summed E-state index contributed by atoms with van der Waals surface area (Å²) in [6.45, 7) is 4.31. The van der Waals surface area contributed by atoms with E-state index in [1.807, 2.05) is 6.07 Å². The van der Waals surface area contributed by atoms with Gasteiger partial charge in [0.15, 0.2) is 0 Å². The minimum absolute atomic E-state index is 0.173. The zero-order chi connectivity index (χ0) is 11.8. The molecule has 1 unspecified atom stereocenters. The maximum absolute atomic E-state index is 13.2. The van der Waals surface area contributed by atoms with E-state index in [0.717, 1.165) is 30.9 Å². The summed E-state index contributed by atoms with van der Waals surface area (Å²) in [5.74, 6) is 0.547. The topological polar surface area (TPSA) is 27.8 Å². The molecule has 0 aliphatic carbocycles. The van der Waals surface area contributed by atoms with Gasteiger partial charge in [-0.3, -0.25) is 0 Å². The molecule has 0 saturated carbocycles. The van der Waals surface area contributed by atoms with Crippen LogP contribution in [-0.2, 0) is 6.42 Å². The lowest BCUT2D eigenvalue weighted by Gasteiger charge is -2.08. The molecule has 0 radical (unpaired) electrons. The molecule has 0 spiro atoms. The van der Waals surface area contributed by atoms with Crippen LogP contribution < -0.4 is 5.32 Å². The predicted molar refractivity (Wildman–Crippen MR) is 67.7 cm³/mol. The van der Waals surface area contributed by atoms with Crippen LogP contribution in [0.4, 0.5) is 4.39 Å². The number of aryl methyl sites for hydroxylation is 1. The minimum atomic E-state index is -0.173. The van der Waals surface area contributed by atoms with Gasteiger partial charge < -0.3 is 10.3 Å². The SMILES string of the molecule is Cc1[nH]c2cc(F)ccc2c1CC1CCNC1. The van der Waals surface area contributed by atoms with Crippen molar-refractivity contribution in [3.63, 3.8) is 0 Å². The third kappa shape index (κ3) is 1.95. The Kier molecular flexibility index (Phi) is 2.63. The van der Waals surface area contributed by atoms with E-state index in [-0.39, 0.29) is 5.82 Å². The second kappa shape index (κ2) is 4.15. The molecule has 1 atom stereocenters. The van der Waals surface area contributed by atoms with Crippen molar-refractivity contribution in [3.05, 3.63) is 35.3 Å². The first-order valence-corrected chi connectivity index (χ1v) is 6.21. The van der Waals surface area contributed by atoms with E-state index in [0.29, 0.717) is 0 Å². The Hall–Kier alpha value is -1.35.